The van der Waals surface area contributed by atoms with E-state index in [1.54, 1.807) is 0 Å². The molecule has 0 bridgehead atoms. The van der Waals surface area contributed by atoms with E-state index in [0.717, 1.165) is 24.1 Å². The number of piperidine rings is 1. The third kappa shape index (κ3) is 6.28. The zero-order chi connectivity index (χ0) is 18.6. The van der Waals surface area contributed by atoms with Gasteiger partial charge < -0.3 is 15.0 Å². The molecule has 0 unspecified atom stereocenters. The molecule has 1 N–H and O–H groups in total. The van der Waals surface area contributed by atoms with Gasteiger partial charge in [-0.3, -0.25) is 0 Å². The van der Waals surface area contributed by atoms with Gasteiger partial charge in [0.25, 0.3) is 0 Å². The molecule has 1 aromatic carbocycles. The Balaban J connectivity index is 2.06. The number of nitrogens with zero attached hydrogens (tertiary/aromatic N) is 1. The van der Waals surface area contributed by atoms with Gasteiger partial charge >= 0.3 is 6.09 Å². The first-order chi connectivity index (χ1) is 11.6. The van der Waals surface area contributed by atoms with Crippen molar-refractivity contribution in [1.82, 2.24) is 4.90 Å². The topological polar surface area (TPSA) is 41.6 Å². The van der Waals surface area contributed by atoms with Crippen LogP contribution < -0.4 is 5.32 Å². The number of carbonyl (C=O) groups excluding carboxylic acids is 1. The Morgan fingerprint density at radius 3 is 2.76 bits per heavy atom. The molecule has 5 heteroatoms. The largest absolute Gasteiger partial charge is 0.444 e. The molecule has 1 aliphatic rings. The highest BCUT2D eigenvalue weighted by molar-refractivity contribution is 6.30. The van der Waals surface area contributed by atoms with E-state index in [-0.39, 0.29) is 18.1 Å². The molecule has 1 aliphatic heterocycles. The smallest absolute Gasteiger partial charge is 0.410 e. The molecule has 25 heavy (non-hydrogen) atoms. The van der Waals surface area contributed by atoms with Crippen molar-refractivity contribution in [2.24, 2.45) is 5.92 Å². The zero-order valence-electron chi connectivity index (χ0n) is 15.6. The maximum Gasteiger partial charge on any atom is 0.410 e. The molecule has 1 saturated heterocycles. The van der Waals surface area contributed by atoms with Crippen LogP contribution in [0, 0.1) is 5.92 Å². The van der Waals surface area contributed by atoms with Crippen molar-refractivity contribution in [1.29, 1.82) is 0 Å². The second kappa shape index (κ2) is 8.13. The van der Waals surface area contributed by atoms with Gasteiger partial charge in [-0.25, -0.2) is 4.79 Å². The van der Waals surface area contributed by atoms with E-state index >= 15 is 0 Å². The molecular formula is C20H29ClN2O2. The lowest BCUT2D eigenvalue weighted by Crippen LogP contribution is -2.49. The SMILES string of the molecule is C=C(C)C[C@@H]1CN(C(=O)OC(C)(C)C)CC[C@@H]1Nc1cccc(Cl)c1. The number of likely N-dealkylation sites (tertiary alicyclic amines) is 1. The lowest BCUT2D eigenvalue weighted by molar-refractivity contribution is 0.0155. The van der Waals surface area contributed by atoms with Crippen LogP contribution in [0.1, 0.15) is 40.5 Å². The number of hydrogen-bond donors (Lipinski definition) is 1. The number of allylic oxidation sites excluding steroid dienone is 1. The Morgan fingerprint density at radius 2 is 2.16 bits per heavy atom. The van der Waals surface area contributed by atoms with Gasteiger partial charge in [0, 0.05) is 35.8 Å². The second-order valence-corrected chi connectivity index (χ2v) is 8.33. The predicted octanol–water partition coefficient (Wildman–Crippen LogP) is 5.34. The number of ether oxygens (including phenoxy) is 1. The van der Waals surface area contributed by atoms with Gasteiger partial charge in [-0.2, -0.15) is 0 Å². The summed E-state index contributed by atoms with van der Waals surface area (Å²) in [5.41, 5.74) is 1.65. The van der Waals surface area contributed by atoms with Gasteiger partial charge in [-0.1, -0.05) is 23.2 Å². The van der Waals surface area contributed by atoms with E-state index in [2.05, 4.69) is 11.9 Å². The maximum atomic E-state index is 12.4. The summed E-state index contributed by atoms with van der Waals surface area (Å²) < 4.78 is 5.53. The Bertz CT molecular complexity index is 624. The van der Waals surface area contributed by atoms with Crippen molar-refractivity contribution < 1.29 is 9.53 Å². The summed E-state index contributed by atoms with van der Waals surface area (Å²) in [5.74, 6) is 0.290. The van der Waals surface area contributed by atoms with Crippen LogP contribution in [0.4, 0.5) is 10.5 Å². The molecule has 1 aromatic rings. The minimum absolute atomic E-state index is 0.236. The number of carbonyl (C=O) groups is 1. The van der Waals surface area contributed by atoms with Crippen LogP contribution in [-0.2, 0) is 4.74 Å². The lowest BCUT2D eigenvalue weighted by atomic mass is 9.87. The number of halogens is 1. The van der Waals surface area contributed by atoms with Gasteiger partial charge in [-0.05, 0) is 58.7 Å². The maximum absolute atomic E-state index is 12.4. The number of nitrogens with one attached hydrogen (secondary N) is 1. The number of benzene rings is 1. The fraction of sp³-hybridized carbons (Fsp3) is 0.550. The molecule has 138 valence electrons. The molecule has 0 saturated carbocycles. The van der Waals surface area contributed by atoms with Crippen LogP contribution in [0.3, 0.4) is 0 Å². The van der Waals surface area contributed by atoms with Gasteiger partial charge in [0.2, 0.25) is 0 Å². The van der Waals surface area contributed by atoms with Crippen molar-refractivity contribution in [3.8, 4) is 0 Å². The Morgan fingerprint density at radius 1 is 1.44 bits per heavy atom. The number of anilines is 1. The minimum atomic E-state index is -0.475. The second-order valence-electron chi connectivity index (χ2n) is 7.90. The fourth-order valence-corrected chi connectivity index (χ4v) is 3.35. The van der Waals surface area contributed by atoms with Crippen molar-refractivity contribution >= 4 is 23.4 Å². The van der Waals surface area contributed by atoms with Crippen molar-refractivity contribution in [3.05, 3.63) is 41.4 Å². The standard InChI is InChI=1S/C20H29ClN2O2/c1-14(2)11-15-13-23(19(24)25-20(3,4)5)10-9-18(15)22-17-8-6-7-16(21)12-17/h6-8,12,15,18,22H,1,9-11,13H2,2-5H3/t15-,18+/m1/s1. The molecule has 1 fully saturated rings. The number of amides is 1. The van der Waals surface area contributed by atoms with Crippen LogP contribution in [0.5, 0.6) is 0 Å². The highest BCUT2D eigenvalue weighted by Gasteiger charge is 2.33. The lowest BCUT2D eigenvalue weighted by Gasteiger charge is -2.40. The number of rotatable bonds is 4. The van der Waals surface area contributed by atoms with Gasteiger partial charge in [0.05, 0.1) is 0 Å². The third-order valence-corrected chi connectivity index (χ3v) is 4.41. The third-order valence-electron chi connectivity index (χ3n) is 4.17. The van der Waals surface area contributed by atoms with Crippen LogP contribution in [-0.4, -0.2) is 35.7 Å². The molecule has 0 aliphatic carbocycles. The van der Waals surface area contributed by atoms with E-state index in [9.17, 15) is 4.79 Å². The van der Waals surface area contributed by atoms with Crippen molar-refractivity contribution in [3.63, 3.8) is 0 Å². The first kappa shape index (κ1) is 19.6. The van der Waals surface area contributed by atoms with Crippen LogP contribution in [0.2, 0.25) is 5.02 Å². The highest BCUT2D eigenvalue weighted by atomic mass is 35.5. The summed E-state index contributed by atoms with van der Waals surface area (Å²) in [5, 5.41) is 4.30. The summed E-state index contributed by atoms with van der Waals surface area (Å²) in [4.78, 5) is 14.2. The van der Waals surface area contributed by atoms with E-state index in [1.165, 1.54) is 0 Å². The molecule has 1 heterocycles. The molecule has 4 nitrogen and oxygen atoms in total. The van der Waals surface area contributed by atoms with Crippen LogP contribution in [0.15, 0.2) is 36.4 Å². The Labute approximate surface area is 156 Å². The monoisotopic (exact) mass is 364 g/mol. The fourth-order valence-electron chi connectivity index (χ4n) is 3.16. The van der Waals surface area contributed by atoms with E-state index in [4.69, 9.17) is 16.3 Å². The van der Waals surface area contributed by atoms with E-state index < -0.39 is 5.60 Å². The predicted molar refractivity (Wildman–Crippen MR) is 104 cm³/mol. The molecule has 2 atom stereocenters. The zero-order valence-corrected chi connectivity index (χ0v) is 16.4. The summed E-state index contributed by atoms with van der Waals surface area (Å²) >= 11 is 6.09. The average molecular weight is 365 g/mol. The molecule has 0 radical (unpaired) electrons. The van der Waals surface area contributed by atoms with Crippen LogP contribution in [0.25, 0.3) is 0 Å². The van der Waals surface area contributed by atoms with Crippen molar-refractivity contribution in [2.45, 2.75) is 52.2 Å². The number of hydrogen-bond acceptors (Lipinski definition) is 3. The average Bonchev–Trinajstić information content (AvgIpc) is 2.46. The summed E-state index contributed by atoms with van der Waals surface area (Å²) in [6.45, 7) is 13.1. The summed E-state index contributed by atoms with van der Waals surface area (Å²) in [7, 11) is 0. The molecule has 0 spiro atoms. The minimum Gasteiger partial charge on any atom is -0.444 e. The first-order valence-corrected chi connectivity index (χ1v) is 9.16. The van der Waals surface area contributed by atoms with Gasteiger partial charge in [0.15, 0.2) is 0 Å². The van der Waals surface area contributed by atoms with Gasteiger partial charge in [-0.15, -0.1) is 6.58 Å². The quantitative estimate of drug-likeness (QED) is 0.733. The normalized spacial score (nSPS) is 20.9. The van der Waals surface area contributed by atoms with E-state index in [0.29, 0.717) is 18.1 Å². The highest BCUT2D eigenvalue weighted by Crippen LogP contribution is 2.28. The van der Waals surface area contributed by atoms with Crippen molar-refractivity contribution in [2.75, 3.05) is 18.4 Å². The first-order valence-electron chi connectivity index (χ1n) is 8.78. The summed E-state index contributed by atoms with van der Waals surface area (Å²) in [6.07, 6.45) is 1.50. The molecular weight excluding hydrogens is 336 g/mol. The summed E-state index contributed by atoms with van der Waals surface area (Å²) in [6, 6.07) is 8.02. The Hall–Kier alpha value is -1.68. The van der Waals surface area contributed by atoms with Crippen LogP contribution >= 0.6 is 11.6 Å². The van der Waals surface area contributed by atoms with E-state index in [1.807, 2.05) is 56.9 Å². The Kier molecular flexibility index (Phi) is 6.39. The molecule has 0 aromatic heterocycles. The molecule has 1 amide bonds. The van der Waals surface area contributed by atoms with Gasteiger partial charge in [0.1, 0.15) is 5.60 Å². The molecule has 2 rings (SSSR count).